The Morgan fingerprint density at radius 1 is 0.318 bits per heavy atom. The third-order valence-corrected chi connectivity index (χ3v) is 15.1. The third kappa shape index (κ3) is 11.7. The fourth-order valence-electron chi connectivity index (χ4n) is 10.5. The SMILES string of the molecule is Cc1ccc(-c2ccc(-c3ccc(C)c(F)c3F)cc2)cc1.Cc1ccc(-c2ccc(C3CCC(C)CC3)cc2)c(F)c1F.Cc1ccc(C2CCC(C3CCC(C)CC3)CC2)c(F)c1F. The summed E-state index contributed by atoms with van der Waals surface area (Å²) in [6.07, 6.45) is 15.0. The van der Waals surface area contributed by atoms with E-state index in [0.29, 0.717) is 44.9 Å². The molecule has 0 nitrogen and oxygen atoms in total. The smallest absolute Gasteiger partial charge is 0.166 e. The Labute approximate surface area is 389 Å². The van der Waals surface area contributed by atoms with Crippen LogP contribution in [0.4, 0.5) is 26.3 Å². The molecule has 6 aromatic rings. The second-order valence-corrected chi connectivity index (χ2v) is 19.9. The molecule has 3 aliphatic rings. The van der Waals surface area contributed by atoms with E-state index in [9.17, 15) is 26.3 Å². The van der Waals surface area contributed by atoms with Crippen LogP contribution < -0.4 is 0 Å². The number of hydrogen-bond acceptors (Lipinski definition) is 0. The van der Waals surface area contributed by atoms with Crippen LogP contribution in [0, 0.1) is 86.3 Å². The van der Waals surface area contributed by atoms with Crippen molar-refractivity contribution in [3.05, 3.63) is 177 Å². The highest BCUT2D eigenvalue weighted by Gasteiger charge is 2.32. The molecule has 0 bridgehead atoms. The average Bonchev–Trinajstić information content (AvgIpc) is 3.33. The van der Waals surface area contributed by atoms with Crippen LogP contribution in [-0.4, -0.2) is 0 Å². The summed E-state index contributed by atoms with van der Waals surface area (Å²) in [5.74, 6) is -0.0453. The molecule has 9 rings (SSSR count). The van der Waals surface area contributed by atoms with Gasteiger partial charge in [-0.25, -0.2) is 26.3 Å². The first-order chi connectivity index (χ1) is 31.7. The van der Waals surface area contributed by atoms with Gasteiger partial charge in [-0.05, 0) is 165 Å². The van der Waals surface area contributed by atoms with Gasteiger partial charge in [0.05, 0.1) is 0 Å². The molecule has 66 heavy (non-hydrogen) atoms. The zero-order chi connectivity index (χ0) is 47.1. The summed E-state index contributed by atoms with van der Waals surface area (Å²) in [7, 11) is 0. The van der Waals surface area contributed by atoms with E-state index in [2.05, 4.69) is 50.2 Å². The van der Waals surface area contributed by atoms with Crippen molar-refractivity contribution in [2.24, 2.45) is 23.7 Å². The molecule has 0 amide bonds. The van der Waals surface area contributed by atoms with Gasteiger partial charge in [-0.1, -0.05) is 154 Å². The Kier molecular flexibility index (Phi) is 16.4. The summed E-state index contributed by atoms with van der Waals surface area (Å²) in [4.78, 5) is 0. The highest BCUT2D eigenvalue weighted by atomic mass is 19.2. The topological polar surface area (TPSA) is 0 Å². The fourth-order valence-corrected chi connectivity index (χ4v) is 10.5. The molecule has 0 atom stereocenters. The molecule has 0 radical (unpaired) electrons. The van der Waals surface area contributed by atoms with Crippen molar-refractivity contribution in [3.63, 3.8) is 0 Å². The van der Waals surface area contributed by atoms with Crippen LogP contribution in [0.3, 0.4) is 0 Å². The van der Waals surface area contributed by atoms with Gasteiger partial charge in [0, 0.05) is 11.1 Å². The van der Waals surface area contributed by atoms with Crippen molar-refractivity contribution in [1.29, 1.82) is 0 Å². The second kappa shape index (κ2) is 22.1. The lowest BCUT2D eigenvalue weighted by atomic mass is 9.68. The van der Waals surface area contributed by atoms with E-state index in [4.69, 9.17) is 0 Å². The van der Waals surface area contributed by atoms with Crippen molar-refractivity contribution in [2.45, 2.75) is 130 Å². The van der Waals surface area contributed by atoms with Crippen LogP contribution in [-0.2, 0) is 0 Å². The standard InChI is InChI=1S/C20H28F2.C20H22F2.C20H16F2/c3*1-13-3-6-15(7-4-13)16-8-10-17(11-9-16)18-12-5-14(2)19(21)20(18)22/h5,12-13,15-17H,3-4,6-11H2,1-2H3;5,8-13,15H,3-4,6-7H2,1-2H3;3-12H,1-2H3. The molecular weight excluding hydrogens is 835 g/mol. The molecule has 0 spiro atoms. The number of rotatable bonds is 6. The number of benzene rings is 6. The summed E-state index contributed by atoms with van der Waals surface area (Å²) < 4.78 is 83.4. The van der Waals surface area contributed by atoms with Gasteiger partial charge in [0.15, 0.2) is 34.9 Å². The lowest BCUT2D eigenvalue weighted by molar-refractivity contribution is 0.164. The van der Waals surface area contributed by atoms with E-state index in [1.54, 1.807) is 57.2 Å². The molecule has 0 unspecified atom stereocenters. The highest BCUT2D eigenvalue weighted by molar-refractivity contribution is 5.71. The Balaban J connectivity index is 0.000000147. The maximum absolute atomic E-state index is 14.2. The van der Waals surface area contributed by atoms with Gasteiger partial charge < -0.3 is 0 Å². The first-order valence-corrected chi connectivity index (χ1v) is 24.3. The molecule has 6 aromatic carbocycles. The van der Waals surface area contributed by atoms with Gasteiger partial charge in [0.25, 0.3) is 0 Å². The second-order valence-electron chi connectivity index (χ2n) is 19.9. The van der Waals surface area contributed by atoms with Crippen molar-refractivity contribution in [3.8, 4) is 33.4 Å². The van der Waals surface area contributed by atoms with Crippen LogP contribution in [0.1, 0.15) is 136 Å². The van der Waals surface area contributed by atoms with Crippen LogP contribution >= 0.6 is 0 Å². The van der Waals surface area contributed by atoms with E-state index in [1.807, 2.05) is 43.3 Å². The zero-order valence-electron chi connectivity index (χ0n) is 39.6. The van der Waals surface area contributed by atoms with Crippen LogP contribution in [0.15, 0.2) is 109 Å². The molecule has 0 aromatic heterocycles. The average molecular weight is 901 g/mol. The van der Waals surface area contributed by atoms with Crippen LogP contribution in [0.5, 0.6) is 0 Å². The lowest BCUT2D eigenvalue weighted by Gasteiger charge is -2.37. The molecule has 3 fully saturated rings. The minimum atomic E-state index is -0.789. The van der Waals surface area contributed by atoms with Gasteiger partial charge in [-0.3, -0.25) is 0 Å². The number of hydrogen-bond donors (Lipinski definition) is 0. The summed E-state index contributed by atoms with van der Waals surface area (Å²) in [6.45, 7) is 11.5. The molecule has 0 saturated heterocycles. The van der Waals surface area contributed by atoms with E-state index < -0.39 is 34.9 Å². The Morgan fingerprint density at radius 3 is 1.14 bits per heavy atom. The summed E-state index contributed by atoms with van der Waals surface area (Å²) in [5.41, 5.74) is 8.41. The van der Waals surface area contributed by atoms with Crippen molar-refractivity contribution < 1.29 is 26.3 Å². The van der Waals surface area contributed by atoms with E-state index in [0.717, 1.165) is 53.2 Å². The van der Waals surface area contributed by atoms with Crippen LogP contribution in [0.25, 0.3) is 33.4 Å². The predicted molar refractivity (Wildman–Crippen MR) is 261 cm³/mol. The van der Waals surface area contributed by atoms with Gasteiger partial charge >= 0.3 is 0 Å². The number of aryl methyl sites for hydroxylation is 4. The predicted octanol–water partition coefficient (Wildman–Crippen LogP) is 18.5. The zero-order valence-corrected chi connectivity index (χ0v) is 39.6. The van der Waals surface area contributed by atoms with Gasteiger partial charge in [0.2, 0.25) is 0 Å². The van der Waals surface area contributed by atoms with Crippen molar-refractivity contribution in [2.75, 3.05) is 0 Å². The third-order valence-electron chi connectivity index (χ3n) is 15.1. The Bertz CT molecular complexity index is 2520. The minimum absolute atomic E-state index is 0.217. The molecule has 3 aliphatic carbocycles. The number of halogens is 6. The maximum Gasteiger partial charge on any atom is 0.166 e. The summed E-state index contributed by atoms with van der Waals surface area (Å²) in [6, 6.07) is 33.7. The molecule has 348 valence electrons. The molecule has 3 saturated carbocycles. The first-order valence-electron chi connectivity index (χ1n) is 24.3. The summed E-state index contributed by atoms with van der Waals surface area (Å²) in [5, 5.41) is 0. The van der Waals surface area contributed by atoms with E-state index >= 15 is 0 Å². The normalized spacial score (nSPS) is 21.8. The van der Waals surface area contributed by atoms with E-state index in [-0.39, 0.29) is 5.92 Å². The Hall–Kier alpha value is -5.10. The molecule has 0 aliphatic heterocycles. The first kappa shape index (κ1) is 48.8. The van der Waals surface area contributed by atoms with Crippen molar-refractivity contribution in [1.82, 2.24) is 0 Å². The fraction of sp³-hybridized carbons (Fsp3) is 0.400. The molecule has 0 heterocycles. The largest absolute Gasteiger partial charge is 0.203 e. The minimum Gasteiger partial charge on any atom is -0.203 e. The lowest BCUT2D eigenvalue weighted by Crippen LogP contribution is -2.25. The molecule has 0 N–H and O–H groups in total. The highest BCUT2D eigenvalue weighted by Crippen LogP contribution is 2.45. The van der Waals surface area contributed by atoms with Gasteiger partial charge in [-0.15, -0.1) is 0 Å². The van der Waals surface area contributed by atoms with Gasteiger partial charge in [0.1, 0.15) is 0 Å². The van der Waals surface area contributed by atoms with Crippen molar-refractivity contribution >= 4 is 0 Å². The monoisotopic (exact) mass is 901 g/mol. The Morgan fingerprint density at radius 2 is 0.667 bits per heavy atom. The molecule has 6 heteroatoms. The molecular formula is C60H66F6. The quantitative estimate of drug-likeness (QED) is 0.146. The van der Waals surface area contributed by atoms with E-state index in [1.165, 1.54) is 75.3 Å². The van der Waals surface area contributed by atoms with Crippen LogP contribution in [0.2, 0.25) is 0 Å². The maximum atomic E-state index is 14.2. The van der Waals surface area contributed by atoms with Gasteiger partial charge in [-0.2, -0.15) is 0 Å². The summed E-state index contributed by atoms with van der Waals surface area (Å²) >= 11 is 0.